The van der Waals surface area contributed by atoms with Crippen molar-refractivity contribution in [3.05, 3.63) is 59.7 Å². The van der Waals surface area contributed by atoms with Gasteiger partial charge in [0, 0.05) is 5.56 Å². The number of carbonyl (C=O) groups excluding carboxylic acids is 1. The van der Waals surface area contributed by atoms with E-state index in [4.69, 9.17) is 8.94 Å². The van der Waals surface area contributed by atoms with Gasteiger partial charge >= 0.3 is 6.18 Å². The summed E-state index contributed by atoms with van der Waals surface area (Å²) in [5.74, 6) is 0.191. The maximum absolute atomic E-state index is 12.6. The summed E-state index contributed by atoms with van der Waals surface area (Å²) in [7, 11) is 0. The Balaban J connectivity index is 1.77. The average Bonchev–Trinajstić information content (AvgIpc) is 3.29. The predicted molar refractivity (Wildman–Crippen MR) is 88.5 cm³/mol. The van der Waals surface area contributed by atoms with Crippen LogP contribution in [-0.2, 0) is 6.18 Å². The number of amides is 1. The second-order valence-electron chi connectivity index (χ2n) is 6.20. The Morgan fingerprint density at radius 1 is 1.15 bits per heavy atom. The number of furan rings is 1. The summed E-state index contributed by atoms with van der Waals surface area (Å²) in [6.45, 7) is 3.68. The molecule has 0 saturated carbocycles. The van der Waals surface area contributed by atoms with Crippen LogP contribution in [0.4, 0.5) is 13.2 Å². The zero-order chi connectivity index (χ0) is 19.6. The van der Waals surface area contributed by atoms with Crippen molar-refractivity contribution in [2.45, 2.75) is 26.1 Å². The van der Waals surface area contributed by atoms with E-state index in [0.29, 0.717) is 5.76 Å². The fourth-order valence-electron chi connectivity index (χ4n) is 2.42. The second-order valence-corrected chi connectivity index (χ2v) is 6.20. The first-order valence-electron chi connectivity index (χ1n) is 8.11. The molecule has 2 heterocycles. The van der Waals surface area contributed by atoms with Crippen molar-refractivity contribution in [3.63, 3.8) is 0 Å². The standard InChI is InChI=1S/C18H16F3N3O3/c1-10(2)14(17-23-15(24-27-17)13-4-3-9-26-13)22-16(25)11-5-7-12(8-6-11)18(19,20)21/h3-10,14H,1-2H3,(H,22,25)/t14-/m1/s1. The smallest absolute Gasteiger partial charge is 0.416 e. The molecule has 0 fully saturated rings. The van der Waals surface area contributed by atoms with Gasteiger partial charge in [-0.25, -0.2) is 0 Å². The molecule has 0 aliphatic rings. The van der Waals surface area contributed by atoms with Crippen LogP contribution in [0.15, 0.2) is 51.6 Å². The van der Waals surface area contributed by atoms with E-state index < -0.39 is 23.7 Å². The van der Waals surface area contributed by atoms with E-state index in [0.717, 1.165) is 24.3 Å². The number of halogens is 3. The number of aromatic nitrogens is 2. The second kappa shape index (κ2) is 7.26. The first-order valence-corrected chi connectivity index (χ1v) is 8.11. The Bertz CT molecular complexity index is 900. The molecule has 27 heavy (non-hydrogen) atoms. The van der Waals surface area contributed by atoms with Crippen molar-refractivity contribution in [3.8, 4) is 11.6 Å². The molecule has 142 valence electrons. The Hall–Kier alpha value is -3.10. The first kappa shape index (κ1) is 18.7. The summed E-state index contributed by atoms with van der Waals surface area (Å²) in [6.07, 6.45) is -2.99. The van der Waals surface area contributed by atoms with E-state index in [2.05, 4.69) is 15.5 Å². The minimum Gasteiger partial charge on any atom is -0.461 e. The van der Waals surface area contributed by atoms with E-state index in [-0.39, 0.29) is 23.2 Å². The topological polar surface area (TPSA) is 81.2 Å². The van der Waals surface area contributed by atoms with Gasteiger partial charge in [0.2, 0.25) is 11.7 Å². The number of carbonyl (C=O) groups is 1. The Labute approximate surface area is 152 Å². The molecule has 0 bridgehead atoms. The van der Waals surface area contributed by atoms with E-state index in [9.17, 15) is 18.0 Å². The third kappa shape index (κ3) is 4.18. The molecule has 6 nitrogen and oxygen atoms in total. The summed E-state index contributed by atoms with van der Waals surface area (Å²) >= 11 is 0. The average molecular weight is 379 g/mol. The van der Waals surface area contributed by atoms with Gasteiger partial charge in [-0.1, -0.05) is 19.0 Å². The van der Waals surface area contributed by atoms with Crippen LogP contribution in [0.1, 0.15) is 41.7 Å². The van der Waals surface area contributed by atoms with Crippen LogP contribution in [0.25, 0.3) is 11.6 Å². The highest BCUT2D eigenvalue weighted by Crippen LogP contribution is 2.29. The number of nitrogens with zero attached hydrogens (tertiary/aromatic N) is 2. The van der Waals surface area contributed by atoms with Gasteiger partial charge < -0.3 is 14.3 Å². The van der Waals surface area contributed by atoms with Gasteiger partial charge in [-0.2, -0.15) is 18.2 Å². The number of benzene rings is 1. The molecule has 0 radical (unpaired) electrons. The molecular formula is C18H16F3N3O3. The maximum atomic E-state index is 12.6. The highest BCUT2D eigenvalue weighted by Gasteiger charge is 2.31. The van der Waals surface area contributed by atoms with E-state index in [1.165, 1.54) is 6.26 Å². The molecular weight excluding hydrogens is 363 g/mol. The number of alkyl halides is 3. The summed E-state index contributed by atoms with van der Waals surface area (Å²) < 4.78 is 48.3. The summed E-state index contributed by atoms with van der Waals surface area (Å²) in [5, 5.41) is 6.54. The number of rotatable bonds is 5. The molecule has 3 rings (SSSR count). The molecule has 2 aromatic heterocycles. The molecule has 0 aliphatic heterocycles. The van der Waals surface area contributed by atoms with Gasteiger partial charge in [-0.15, -0.1) is 0 Å². The van der Waals surface area contributed by atoms with Crippen molar-refractivity contribution in [1.82, 2.24) is 15.5 Å². The molecule has 9 heteroatoms. The summed E-state index contributed by atoms with van der Waals surface area (Å²) in [6, 6.07) is 6.70. The molecule has 0 spiro atoms. The maximum Gasteiger partial charge on any atom is 0.416 e. The van der Waals surface area contributed by atoms with Gasteiger partial charge in [0.05, 0.1) is 11.8 Å². The Morgan fingerprint density at radius 2 is 1.85 bits per heavy atom. The molecule has 1 N–H and O–H groups in total. The lowest BCUT2D eigenvalue weighted by molar-refractivity contribution is -0.137. The summed E-state index contributed by atoms with van der Waals surface area (Å²) in [5.41, 5.74) is -0.723. The van der Waals surface area contributed by atoms with Crippen LogP contribution >= 0.6 is 0 Å². The highest BCUT2D eigenvalue weighted by atomic mass is 19.4. The minimum atomic E-state index is -4.46. The van der Waals surface area contributed by atoms with Crippen molar-refractivity contribution >= 4 is 5.91 Å². The summed E-state index contributed by atoms with van der Waals surface area (Å²) in [4.78, 5) is 16.7. The Kier molecular flexibility index (Phi) is 5.02. The normalized spacial score (nSPS) is 13.0. The van der Waals surface area contributed by atoms with Gasteiger partial charge in [0.15, 0.2) is 5.76 Å². The SMILES string of the molecule is CC(C)[C@@H](NC(=O)c1ccc(C(F)(F)F)cc1)c1nc(-c2ccco2)no1. The number of nitrogens with one attached hydrogen (secondary N) is 1. The minimum absolute atomic E-state index is 0.0967. The lowest BCUT2D eigenvalue weighted by Crippen LogP contribution is -2.32. The molecule has 3 aromatic rings. The van der Waals surface area contributed by atoms with Gasteiger partial charge in [0.25, 0.3) is 5.91 Å². The molecule has 1 atom stereocenters. The zero-order valence-corrected chi connectivity index (χ0v) is 14.4. The van der Waals surface area contributed by atoms with E-state index >= 15 is 0 Å². The molecule has 0 unspecified atom stereocenters. The van der Waals surface area contributed by atoms with Crippen molar-refractivity contribution in [1.29, 1.82) is 0 Å². The van der Waals surface area contributed by atoms with E-state index in [1.807, 2.05) is 13.8 Å². The van der Waals surface area contributed by atoms with Gasteiger partial charge in [0.1, 0.15) is 6.04 Å². The Morgan fingerprint density at radius 3 is 2.41 bits per heavy atom. The van der Waals surface area contributed by atoms with Crippen LogP contribution in [-0.4, -0.2) is 16.0 Å². The van der Waals surface area contributed by atoms with Crippen LogP contribution in [0.2, 0.25) is 0 Å². The van der Waals surface area contributed by atoms with Gasteiger partial charge in [-0.05, 0) is 42.3 Å². The van der Waals surface area contributed by atoms with Gasteiger partial charge in [-0.3, -0.25) is 4.79 Å². The third-order valence-corrected chi connectivity index (χ3v) is 3.88. The van der Waals surface area contributed by atoms with Crippen LogP contribution in [0.5, 0.6) is 0 Å². The third-order valence-electron chi connectivity index (χ3n) is 3.88. The lowest BCUT2D eigenvalue weighted by Gasteiger charge is -2.18. The monoisotopic (exact) mass is 379 g/mol. The van der Waals surface area contributed by atoms with E-state index in [1.54, 1.807) is 12.1 Å². The number of hydrogen-bond acceptors (Lipinski definition) is 5. The van der Waals surface area contributed by atoms with Crippen molar-refractivity contribution < 1.29 is 26.9 Å². The van der Waals surface area contributed by atoms with Crippen molar-refractivity contribution in [2.24, 2.45) is 5.92 Å². The van der Waals surface area contributed by atoms with Crippen LogP contribution in [0, 0.1) is 5.92 Å². The lowest BCUT2D eigenvalue weighted by atomic mass is 10.0. The predicted octanol–water partition coefficient (Wildman–Crippen LogP) is 4.48. The molecule has 1 amide bonds. The fraction of sp³-hybridized carbons (Fsp3) is 0.278. The van der Waals surface area contributed by atoms with Crippen LogP contribution < -0.4 is 5.32 Å². The van der Waals surface area contributed by atoms with Crippen molar-refractivity contribution in [2.75, 3.05) is 0 Å². The highest BCUT2D eigenvalue weighted by molar-refractivity contribution is 5.94. The molecule has 0 aliphatic carbocycles. The quantitative estimate of drug-likeness (QED) is 0.707. The zero-order valence-electron chi connectivity index (χ0n) is 14.4. The number of hydrogen-bond donors (Lipinski definition) is 1. The first-order chi connectivity index (χ1) is 12.8. The molecule has 0 saturated heterocycles. The largest absolute Gasteiger partial charge is 0.461 e. The molecule has 1 aromatic carbocycles. The fourth-order valence-corrected chi connectivity index (χ4v) is 2.42. The van der Waals surface area contributed by atoms with Crippen LogP contribution in [0.3, 0.4) is 0 Å².